The normalized spacial score (nSPS) is 24.2. The lowest BCUT2D eigenvalue weighted by atomic mass is 9.78. The number of hydrogen-bond donors (Lipinski definition) is 3. The largest absolute Gasteiger partial charge is 0.480 e. The molecule has 3 saturated heterocycles. The molecule has 1 aromatic carbocycles. The van der Waals surface area contributed by atoms with Crippen LogP contribution in [-0.4, -0.2) is 94.7 Å². The smallest absolute Gasteiger partial charge is 0.317 e. The van der Waals surface area contributed by atoms with Gasteiger partial charge in [0.15, 0.2) is 0 Å². The van der Waals surface area contributed by atoms with E-state index in [1.54, 1.807) is 18.2 Å². The number of carboxylic acids is 1. The molecule has 0 aliphatic carbocycles. The molecule has 4 heterocycles. The van der Waals surface area contributed by atoms with Crippen molar-refractivity contribution in [2.75, 3.05) is 44.6 Å². The van der Waals surface area contributed by atoms with E-state index in [0.29, 0.717) is 16.8 Å². The molecule has 3 N–H and O–H groups in total. The molecule has 1 atom stereocenters. The fourth-order valence-corrected chi connectivity index (χ4v) is 6.04. The van der Waals surface area contributed by atoms with Crippen LogP contribution in [0, 0.1) is 5.41 Å². The average molecular weight is 498 g/mol. The Hall–Kier alpha value is -3.31. The number of fused-ring (bicyclic) bond motifs is 1. The summed E-state index contributed by atoms with van der Waals surface area (Å²) in [7, 11) is 0. The molecule has 1 spiro atoms. The first kappa shape index (κ1) is 24.4. The van der Waals surface area contributed by atoms with Gasteiger partial charge in [-0.25, -0.2) is 0 Å². The van der Waals surface area contributed by atoms with Gasteiger partial charge in [-0.1, -0.05) is 6.07 Å². The predicted molar refractivity (Wildman–Crippen MR) is 128 cm³/mol. The van der Waals surface area contributed by atoms with Crippen LogP contribution in [0.3, 0.4) is 0 Å². The second-order valence-electron chi connectivity index (χ2n) is 10.4. The van der Waals surface area contributed by atoms with Crippen molar-refractivity contribution >= 4 is 35.3 Å². The Morgan fingerprint density at radius 1 is 1.06 bits per heavy atom. The zero-order chi connectivity index (χ0) is 25.4. The van der Waals surface area contributed by atoms with Crippen molar-refractivity contribution in [1.29, 1.82) is 0 Å². The van der Waals surface area contributed by atoms with Gasteiger partial charge >= 0.3 is 5.97 Å². The van der Waals surface area contributed by atoms with Gasteiger partial charge in [0.2, 0.25) is 17.7 Å². The summed E-state index contributed by atoms with van der Waals surface area (Å²) < 4.78 is 0. The molecule has 5 rings (SSSR count). The Balaban J connectivity index is 1.17. The number of nitrogens with zero attached hydrogens (tertiary/aromatic N) is 3. The van der Waals surface area contributed by atoms with E-state index in [0.717, 1.165) is 45.4 Å². The topological polar surface area (TPSA) is 139 Å². The number of piperidine rings is 2. The third-order valence-corrected chi connectivity index (χ3v) is 8.02. The van der Waals surface area contributed by atoms with Gasteiger partial charge in [0.05, 0.1) is 13.1 Å². The third-order valence-electron chi connectivity index (χ3n) is 8.02. The molecule has 0 saturated carbocycles. The van der Waals surface area contributed by atoms with Crippen molar-refractivity contribution in [3.63, 3.8) is 0 Å². The van der Waals surface area contributed by atoms with Crippen LogP contribution in [0.4, 0.5) is 5.69 Å². The molecule has 11 nitrogen and oxygen atoms in total. The van der Waals surface area contributed by atoms with E-state index in [2.05, 4.69) is 15.5 Å². The highest BCUT2D eigenvalue weighted by Crippen LogP contribution is 2.40. The average Bonchev–Trinajstić information content (AvgIpc) is 3.37. The van der Waals surface area contributed by atoms with Gasteiger partial charge in [0.1, 0.15) is 6.04 Å². The summed E-state index contributed by atoms with van der Waals surface area (Å²) in [6, 6.07) is 4.47. The predicted octanol–water partition coefficient (Wildman–Crippen LogP) is 0.259. The second kappa shape index (κ2) is 9.62. The molecule has 4 aliphatic rings. The number of rotatable bonds is 6. The van der Waals surface area contributed by atoms with Crippen molar-refractivity contribution < 1.29 is 29.1 Å². The van der Waals surface area contributed by atoms with Crippen LogP contribution in [0.2, 0.25) is 0 Å². The minimum atomic E-state index is -0.796. The van der Waals surface area contributed by atoms with Crippen LogP contribution in [0.25, 0.3) is 0 Å². The second-order valence-corrected chi connectivity index (χ2v) is 10.4. The molecule has 0 radical (unpaired) electrons. The number of carboxylic acid groups (broad SMARTS) is 1. The number of carbonyl (C=O) groups is 5. The quantitative estimate of drug-likeness (QED) is 0.476. The van der Waals surface area contributed by atoms with E-state index in [1.165, 1.54) is 4.90 Å². The molecule has 1 unspecified atom stereocenters. The van der Waals surface area contributed by atoms with Crippen LogP contribution in [-0.2, 0) is 25.7 Å². The lowest BCUT2D eigenvalue weighted by Crippen LogP contribution is -2.52. The van der Waals surface area contributed by atoms with E-state index in [-0.39, 0.29) is 55.6 Å². The Bertz CT molecular complexity index is 1110. The Morgan fingerprint density at radius 2 is 1.78 bits per heavy atom. The van der Waals surface area contributed by atoms with Crippen molar-refractivity contribution in [2.24, 2.45) is 5.41 Å². The molecule has 4 amide bonds. The molecule has 0 aromatic heterocycles. The molecule has 3 fully saturated rings. The Labute approximate surface area is 208 Å². The maximum absolute atomic E-state index is 13.0. The van der Waals surface area contributed by atoms with E-state index in [9.17, 15) is 24.0 Å². The fraction of sp³-hybridized carbons (Fsp3) is 0.560. The minimum Gasteiger partial charge on any atom is -0.480 e. The Kier molecular flexibility index (Phi) is 6.52. The zero-order valence-electron chi connectivity index (χ0n) is 20.1. The zero-order valence-corrected chi connectivity index (χ0v) is 20.1. The summed E-state index contributed by atoms with van der Waals surface area (Å²) in [5.41, 5.74) is 1.85. The number of anilines is 1. The highest BCUT2D eigenvalue weighted by atomic mass is 16.4. The lowest BCUT2D eigenvalue weighted by molar-refractivity contribution is -0.138. The minimum absolute atomic E-state index is 0.0821. The molecular formula is C25H31N5O6. The number of nitrogens with one attached hydrogen (secondary N) is 2. The third kappa shape index (κ3) is 4.85. The first-order valence-corrected chi connectivity index (χ1v) is 12.5. The SMILES string of the molecule is O=C(O)CN1CCC2(CCN(CC(=O)Nc3cccc4c3CN(C3CCC(=O)NC3=O)C4=O)CC2)C1. The molecule has 11 heteroatoms. The number of carbonyl (C=O) groups excluding carboxylic acids is 4. The first-order chi connectivity index (χ1) is 17.2. The van der Waals surface area contributed by atoms with Gasteiger partial charge < -0.3 is 15.3 Å². The summed E-state index contributed by atoms with van der Waals surface area (Å²) in [5, 5.41) is 14.3. The summed E-state index contributed by atoms with van der Waals surface area (Å²) in [4.78, 5) is 66.3. The van der Waals surface area contributed by atoms with E-state index >= 15 is 0 Å². The van der Waals surface area contributed by atoms with Crippen LogP contribution in [0.5, 0.6) is 0 Å². The summed E-state index contributed by atoms with van der Waals surface area (Å²) in [6.07, 6.45) is 3.35. The van der Waals surface area contributed by atoms with Crippen molar-refractivity contribution in [3.8, 4) is 0 Å². The molecule has 0 bridgehead atoms. The van der Waals surface area contributed by atoms with E-state index < -0.39 is 17.9 Å². The van der Waals surface area contributed by atoms with Gasteiger partial charge in [-0.05, 0) is 62.9 Å². The van der Waals surface area contributed by atoms with Gasteiger partial charge in [0, 0.05) is 36.3 Å². The number of amides is 4. The standard InChI is InChI=1S/C25H31N5O6/c31-20-5-4-19(23(35)27-20)30-12-17-16(24(30)36)2-1-3-18(17)26-21(32)13-28-9-6-25(7-10-28)8-11-29(15-25)14-22(33)34/h1-3,19H,4-15H2,(H,26,32)(H,33,34)(H,27,31,35). The van der Waals surface area contributed by atoms with Crippen molar-refractivity contribution in [2.45, 2.75) is 44.7 Å². The Morgan fingerprint density at radius 3 is 2.47 bits per heavy atom. The lowest BCUT2D eigenvalue weighted by Gasteiger charge is -2.39. The van der Waals surface area contributed by atoms with Crippen LogP contribution in [0.1, 0.15) is 48.0 Å². The summed E-state index contributed by atoms with van der Waals surface area (Å²) in [5.74, 6) is -2.03. The number of hydrogen-bond acceptors (Lipinski definition) is 7. The maximum atomic E-state index is 13.0. The fourth-order valence-electron chi connectivity index (χ4n) is 6.04. The number of imide groups is 1. The van der Waals surface area contributed by atoms with Gasteiger partial charge in [-0.2, -0.15) is 0 Å². The number of aliphatic carboxylic acids is 1. The van der Waals surface area contributed by atoms with Crippen molar-refractivity contribution in [1.82, 2.24) is 20.0 Å². The highest BCUT2D eigenvalue weighted by molar-refractivity contribution is 6.06. The van der Waals surface area contributed by atoms with Gasteiger partial charge in [-0.3, -0.25) is 39.1 Å². The molecule has 192 valence electrons. The molecule has 4 aliphatic heterocycles. The van der Waals surface area contributed by atoms with Gasteiger partial charge in [-0.15, -0.1) is 0 Å². The highest BCUT2D eigenvalue weighted by Gasteiger charge is 2.42. The van der Waals surface area contributed by atoms with Crippen molar-refractivity contribution in [3.05, 3.63) is 29.3 Å². The number of benzene rings is 1. The van der Waals surface area contributed by atoms with E-state index in [1.807, 2.05) is 4.90 Å². The first-order valence-electron chi connectivity index (χ1n) is 12.5. The number of likely N-dealkylation sites (tertiary alicyclic amines) is 2. The summed E-state index contributed by atoms with van der Waals surface area (Å²) in [6.45, 7) is 3.69. The molecular weight excluding hydrogens is 466 g/mol. The van der Waals surface area contributed by atoms with Gasteiger partial charge in [0.25, 0.3) is 5.91 Å². The monoisotopic (exact) mass is 497 g/mol. The van der Waals surface area contributed by atoms with E-state index in [4.69, 9.17) is 5.11 Å². The maximum Gasteiger partial charge on any atom is 0.317 e. The van der Waals surface area contributed by atoms with Crippen LogP contribution < -0.4 is 10.6 Å². The van der Waals surface area contributed by atoms with Crippen LogP contribution in [0.15, 0.2) is 18.2 Å². The molecule has 1 aromatic rings. The molecule has 36 heavy (non-hydrogen) atoms. The van der Waals surface area contributed by atoms with Crippen LogP contribution >= 0.6 is 0 Å². The summed E-state index contributed by atoms with van der Waals surface area (Å²) >= 11 is 0.